The maximum absolute atomic E-state index is 12.9. The summed E-state index contributed by atoms with van der Waals surface area (Å²) in [4.78, 5) is 24.2. The number of rotatable bonds is 3. The molecule has 0 radical (unpaired) electrons. The van der Waals surface area contributed by atoms with E-state index in [1.54, 1.807) is 19.1 Å². The number of fused-ring (bicyclic) bond motifs is 1. The third kappa shape index (κ3) is 3.86. The molecule has 1 atom stereocenters. The van der Waals surface area contributed by atoms with E-state index in [9.17, 15) is 22.8 Å². The molecule has 2 heterocycles. The summed E-state index contributed by atoms with van der Waals surface area (Å²) in [6.45, 7) is 1.62. The molecular weight excluding hydrogens is 401 g/mol. The number of hydrogen-bond acceptors (Lipinski definition) is 4. The van der Waals surface area contributed by atoms with Crippen molar-refractivity contribution >= 4 is 23.2 Å². The predicted octanol–water partition coefficient (Wildman–Crippen LogP) is 4.94. The molecular formula is C21H15F3N2O4. The van der Waals surface area contributed by atoms with E-state index >= 15 is 0 Å². The second kappa shape index (κ2) is 7.25. The third-order valence-corrected chi connectivity index (χ3v) is 4.47. The highest BCUT2D eigenvalue weighted by Crippen LogP contribution is 2.34. The molecule has 2 aromatic carbocycles. The molecule has 0 saturated carbocycles. The number of amides is 2. The molecule has 30 heavy (non-hydrogen) atoms. The van der Waals surface area contributed by atoms with Crippen molar-refractivity contribution < 1.29 is 31.9 Å². The lowest BCUT2D eigenvalue weighted by atomic mass is 10.1. The van der Waals surface area contributed by atoms with Crippen LogP contribution in [-0.4, -0.2) is 17.9 Å². The van der Waals surface area contributed by atoms with E-state index in [-0.39, 0.29) is 23.0 Å². The summed E-state index contributed by atoms with van der Waals surface area (Å²) in [5, 5.41) is 5.29. The zero-order valence-corrected chi connectivity index (χ0v) is 15.5. The normalized spacial score (nSPS) is 15.7. The van der Waals surface area contributed by atoms with Gasteiger partial charge in [-0.15, -0.1) is 0 Å². The Balaban J connectivity index is 1.52. The van der Waals surface area contributed by atoms with E-state index in [1.807, 2.05) is 0 Å². The molecule has 3 aromatic rings. The van der Waals surface area contributed by atoms with Crippen molar-refractivity contribution in [3.8, 4) is 17.1 Å². The molecule has 154 valence electrons. The summed E-state index contributed by atoms with van der Waals surface area (Å²) in [5.41, 5.74) is 0.191. The van der Waals surface area contributed by atoms with Crippen LogP contribution in [0, 0.1) is 0 Å². The highest BCUT2D eigenvalue weighted by Gasteiger charge is 2.30. The van der Waals surface area contributed by atoms with Gasteiger partial charge in [0.05, 0.1) is 11.3 Å². The quantitative estimate of drug-likeness (QED) is 0.634. The van der Waals surface area contributed by atoms with Crippen LogP contribution >= 0.6 is 0 Å². The molecule has 0 saturated heterocycles. The second-order valence-electron chi connectivity index (χ2n) is 6.66. The zero-order valence-electron chi connectivity index (χ0n) is 15.5. The molecule has 1 unspecified atom stereocenters. The third-order valence-electron chi connectivity index (χ3n) is 4.47. The fourth-order valence-corrected chi connectivity index (χ4v) is 2.94. The van der Waals surface area contributed by atoms with Gasteiger partial charge in [0, 0.05) is 11.3 Å². The Morgan fingerprint density at radius 3 is 2.67 bits per heavy atom. The van der Waals surface area contributed by atoms with Crippen LogP contribution in [-0.2, 0) is 11.0 Å². The number of furan rings is 1. The average Bonchev–Trinajstić information content (AvgIpc) is 3.19. The lowest BCUT2D eigenvalue weighted by Crippen LogP contribution is -2.34. The first-order chi connectivity index (χ1) is 14.2. The van der Waals surface area contributed by atoms with Crippen LogP contribution in [0.4, 0.5) is 24.5 Å². The topological polar surface area (TPSA) is 80.6 Å². The van der Waals surface area contributed by atoms with Crippen LogP contribution in [0.15, 0.2) is 59.0 Å². The largest absolute Gasteiger partial charge is 0.479 e. The number of ether oxygens (including phenoxy) is 1. The minimum atomic E-state index is -4.48. The number of carbonyl (C=O) groups excluding carboxylic acids is 2. The minimum absolute atomic E-state index is 0.0750. The molecule has 9 heteroatoms. The van der Waals surface area contributed by atoms with Gasteiger partial charge in [0.1, 0.15) is 11.5 Å². The Kier molecular flexibility index (Phi) is 4.73. The minimum Gasteiger partial charge on any atom is -0.479 e. The Hall–Kier alpha value is -3.75. The van der Waals surface area contributed by atoms with Gasteiger partial charge in [0.15, 0.2) is 11.9 Å². The molecule has 1 aliphatic rings. The molecule has 0 bridgehead atoms. The van der Waals surface area contributed by atoms with E-state index in [0.29, 0.717) is 17.1 Å². The number of hydrogen-bond donors (Lipinski definition) is 2. The van der Waals surface area contributed by atoms with Crippen molar-refractivity contribution in [1.82, 2.24) is 0 Å². The second-order valence-corrected chi connectivity index (χ2v) is 6.66. The molecule has 1 aliphatic heterocycles. The first-order valence-corrected chi connectivity index (χ1v) is 8.91. The number of halogens is 3. The van der Waals surface area contributed by atoms with E-state index in [2.05, 4.69) is 10.6 Å². The van der Waals surface area contributed by atoms with Gasteiger partial charge >= 0.3 is 6.18 Å². The fraction of sp³-hybridized carbons (Fsp3) is 0.143. The molecule has 0 fully saturated rings. The van der Waals surface area contributed by atoms with Crippen molar-refractivity contribution in [2.75, 3.05) is 10.6 Å². The summed E-state index contributed by atoms with van der Waals surface area (Å²) in [6.07, 6.45) is -5.10. The number of benzene rings is 2. The molecule has 0 spiro atoms. The van der Waals surface area contributed by atoms with Crippen LogP contribution < -0.4 is 15.4 Å². The summed E-state index contributed by atoms with van der Waals surface area (Å²) >= 11 is 0. The zero-order chi connectivity index (χ0) is 21.5. The van der Waals surface area contributed by atoms with Crippen molar-refractivity contribution in [3.63, 3.8) is 0 Å². The first kappa shape index (κ1) is 19.6. The monoisotopic (exact) mass is 416 g/mol. The van der Waals surface area contributed by atoms with E-state index < -0.39 is 23.8 Å². The average molecular weight is 416 g/mol. The van der Waals surface area contributed by atoms with Crippen LogP contribution in [0.2, 0.25) is 0 Å². The predicted molar refractivity (Wildman–Crippen MR) is 102 cm³/mol. The Labute approximate surface area is 168 Å². The van der Waals surface area contributed by atoms with Crippen molar-refractivity contribution in [2.45, 2.75) is 19.2 Å². The molecule has 2 N–H and O–H groups in total. The number of nitrogens with one attached hydrogen (secondary N) is 2. The van der Waals surface area contributed by atoms with Crippen molar-refractivity contribution in [2.24, 2.45) is 0 Å². The van der Waals surface area contributed by atoms with Crippen molar-refractivity contribution in [1.29, 1.82) is 0 Å². The van der Waals surface area contributed by atoms with Crippen LogP contribution in [0.5, 0.6) is 5.75 Å². The highest BCUT2D eigenvalue weighted by atomic mass is 19.4. The molecule has 1 aromatic heterocycles. The summed E-state index contributed by atoms with van der Waals surface area (Å²) < 4.78 is 49.6. The van der Waals surface area contributed by atoms with Gasteiger partial charge in [-0.1, -0.05) is 12.1 Å². The van der Waals surface area contributed by atoms with Gasteiger partial charge in [0.25, 0.3) is 11.8 Å². The highest BCUT2D eigenvalue weighted by molar-refractivity contribution is 6.04. The number of carbonyl (C=O) groups is 2. The lowest BCUT2D eigenvalue weighted by molar-refractivity contribution is -0.137. The molecule has 4 rings (SSSR count). The van der Waals surface area contributed by atoms with Gasteiger partial charge in [-0.3, -0.25) is 9.59 Å². The smallest absolute Gasteiger partial charge is 0.416 e. The van der Waals surface area contributed by atoms with Crippen LogP contribution in [0.3, 0.4) is 0 Å². The molecule has 6 nitrogen and oxygen atoms in total. The lowest BCUT2D eigenvalue weighted by Gasteiger charge is -2.23. The van der Waals surface area contributed by atoms with Gasteiger partial charge in [-0.05, 0) is 49.4 Å². The molecule has 0 aliphatic carbocycles. The Morgan fingerprint density at radius 2 is 1.90 bits per heavy atom. The van der Waals surface area contributed by atoms with E-state index in [4.69, 9.17) is 9.15 Å². The van der Waals surface area contributed by atoms with Gasteiger partial charge in [0.2, 0.25) is 0 Å². The Morgan fingerprint density at radius 1 is 1.10 bits per heavy atom. The first-order valence-electron chi connectivity index (χ1n) is 8.91. The SMILES string of the molecule is CC1Oc2ccc(NC(=O)c3ccc(-c4cccc(C(F)(F)F)c4)o3)cc2NC1=O. The standard InChI is InChI=1S/C21H15F3N2O4/c1-11-19(27)26-15-10-14(5-6-17(15)29-11)25-20(28)18-8-7-16(30-18)12-3-2-4-13(9-12)21(22,23)24/h2-11H,1H3,(H,25,28)(H,26,27). The van der Waals surface area contributed by atoms with Crippen LogP contribution in [0.25, 0.3) is 11.3 Å². The summed E-state index contributed by atoms with van der Waals surface area (Å²) in [6, 6.07) is 12.2. The van der Waals surface area contributed by atoms with Crippen molar-refractivity contribution in [3.05, 3.63) is 65.9 Å². The molecule has 2 amide bonds. The Bertz CT molecular complexity index is 1140. The summed E-state index contributed by atoms with van der Waals surface area (Å²) in [5.74, 6) is -0.363. The van der Waals surface area contributed by atoms with Crippen LogP contribution in [0.1, 0.15) is 23.0 Å². The van der Waals surface area contributed by atoms with Gasteiger partial charge in [-0.25, -0.2) is 0 Å². The number of alkyl halides is 3. The number of anilines is 2. The van der Waals surface area contributed by atoms with E-state index in [0.717, 1.165) is 12.1 Å². The fourth-order valence-electron chi connectivity index (χ4n) is 2.94. The summed E-state index contributed by atoms with van der Waals surface area (Å²) in [7, 11) is 0. The van der Waals surface area contributed by atoms with E-state index in [1.165, 1.54) is 30.3 Å². The van der Waals surface area contributed by atoms with Gasteiger partial charge in [-0.2, -0.15) is 13.2 Å². The maximum atomic E-state index is 12.9. The van der Waals surface area contributed by atoms with Gasteiger partial charge < -0.3 is 19.8 Å². The maximum Gasteiger partial charge on any atom is 0.416 e.